The first-order valence-corrected chi connectivity index (χ1v) is 8.96. The molecule has 0 aliphatic heterocycles. The summed E-state index contributed by atoms with van der Waals surface area (Å²) in [5, 5.41) is 10.9. The average molecular weight is 384 g/mol. The van der Waals surface area contributed by atoms with Gasteiger partial charge in [-0.3, -0.25) is 10.1 Å². The first-order chi connectivity index (χ1) is 10.3. The van der Waals surface area contributed by atoms with E-state index in [2.05, 4.69) is 4.31 Å². The molecule has 1 saturated carbocycles. The van der Waals surface area contributed by atoms with E-state index in [4.69, 9.17) is 34.8 Å². The standard InChI is InChI=1S/C14H17Cl3N2O2S/c1-18(10-5-3-2-4-6-10)22-13-8-7-11(19(20)21)9-12(13)14(15,16)17/h7-10H,2-6H2,1H3. The van der Waals surface area contributed by atoms with E-state index in [1.54, 1.807) is 6.07 Å². The van der Waals surface area contributed by atoms with Crippen LogP contribution in [0.1, 0.15) is 37.7 Å². The van der Waals surface area contributed by atoms with Crippen LogP contribution in [0.2, 0.25) is 0 Å². The van der Waals surface area contributed by atoms with Crippen LogP contribution in [0.25, 0.3) is 0 Å². The van der Waals surface area contributed by atoms with Gasteiger partial charge in [-0.05, 0) is 37.9 Å². The molecule has 0 saturated heterocycles. The lowest BCUT2D eigenvalue weighted by atomic mass is 9.96. The second-order valence-corrected chi connectivity index (χ2v) is 8.84. The fraction of sp³-hybridized carbons (Fsp3) is 0.571. The molecule has 0 spiro atoms. The smallest absolute Gasteiger partial charge is 0.258 e. The summed E-state index contributed by atoms with van der Waals surface area (Å²) in [5.41, 5.74) is 0.269. The van der Waals surface area contributed by atoms with Gasteiger partial charge in [0.15, 0.2) is 0 Å². The first kappa shape index (κ1) is 18.1. The van der Waals surface area contributed by atoms with Gasteiger partial charge in [-0.2, -0.15) is 0 Å². The number of nitro groups is 1. The number of hydrogen-bond acceptors (Lipinski definition) is 4. The Bertz CT molecular complexity index is 545. The van der Waals surface area contributed by atoms with Crippen molar-refractivity contribution in [3.05, 3.63) is 33.9 Å². The van der Waals surface area contributed by atoms with E-state index in [0.29, 0.717) is 11.6 Å². The van der Waals surface area contributed by atoms with Gasteiger partial charge in [0.05, 0.1) is 4.92 Å². The zero-order valence-corrected chi connectivity index (χ0v) is 15.2. The Labute approximate surface area is 149 Å². The summed E-state index contributed by atoms with van der Waals surface area (Å²) in [6.45, 7) is 0. The van der Waals surface area contributed by atoms with Gasteiger partial charge in [0.1, 0.15) is 0 Å². The number of nitrogens with zero attached hydrogens (tertiary/aromatic N) is 2. The van der Waals surface area contributed by atoms with Crippen LogP contribution >= 0.6 is 46.8 Å². The van der Waals surface area contributed by atoms with Crippen molar-refractivity contribution in [1.82, 2.24) is 4.31 Å². The number of hydrogen-bond donors (Lipinski definition) is 0. The van der Waals surface area contributed by atoms with Crippen molar-refractivity contribution in [2.24, 2.45) is 0 Å². The van der Waals surface area contributed by atoms with Crippen molar-refractivity contribution < 1.29 is 4.92 Å². The maximum absolute atomic E-state index is 10.9. The fourth-order valence-corrected chi connectivity index (χ4v) is 4.35. The van der Waals surface area contributed by atoms with Crippen molar-refractivity contribution in [3.8, 4) is 0 Å². The Kier molecular flexibility index (Phi) is 6.25. The zero-order chi connectivity index (χ0) is 16.3. The molecule has 0 aromatic heterocycles. The van der Waals surface area contributed by atoms with E-state index in [0.717, 1.165) is 17.7 Å². The number of rotatable bonds is 4. The van der Waals surface area contributed by atoms with Crippen LogP contribution in [0.4, 0.5) is 5.69 Å². The summed E-state index contributed by atoms with van der Waals surface area (Å²) in [5.74, 6) is 0. The molecule has 22 heavy (non-hydrogen) atoms. The van der Waals surface area contributed by atoms with Crippen molar-refractivity contribution >= 4 is 52.4 Å². The summed E-state index contributed by atoms with van der Waals surface area (Å²) in [7, 11) is 2.02. The normalized spacial score (nSPS) is 17.0. The maximum atomic E-state index is 10.9. The molecule has 0 atom stereocenters. The van der Waals surface area contributed by atoms with Crippen LogP contribution < -0.4 is 0 Å². The molecule has 0 heterocycles. The van der Waals surface area contributed by atoms with E-state index >= 15 is 0 Å². The molecule has 122 valence electrons. The molecule has 0 radical (unpaired) electrons. The lowest BCUT2D eigenvalue weighted by molar-refractivity contribution is -0.385. The second kappa shape index (κ2) is 7.58. The number of alkyl halides is 3. The molecule has 1 fully saturated rings. The summed E-state index contributed by atoms with van der Waals surface area (Å²) in [6.07, 6.45) is 6.05. The van der Waals surface area contributed by atoms with Crippen molar-refractivity contribution in [1.29, 1.82) is 0 Å². The van der Waals surface area contributed by atoms with Gasteiger partial charge >= 0.3 is 0 Å². The predicted molar refractivity (Wildman–Crippen MR) is 92.8 cm³/mol. The molecule has 0 unspecified atom stereocenters. The monoisotopic (exact) mass is 382 g/mol. The van der Waals surface area contributed by atoms with Crippen molar-refractivity contribution in [2.45, 2.75) is 46.8 Å². The van der Waals surface area contributed by atoms with E-state index in [9.17, 15) is 10.1 Å². The van der Waals surface area contributed by atoms with E-state index in [-0.39, 0.29) is 5.69 Å². The second-order valence-electron chi connectivity index (χ2n) is 5.36. The Morgan fingerprint density at radius 2 is 1.91 bits per heavy atom. The SMILES string of the molecule is CN(Sc1ccc([N+](=O)[O-])cc1C(Cl)(Cl)Cl)C1CCCCC1. The average Bonchev–Trinajstić information content (AvgIpc) is 2.47. The highest BCUT2D eigenvalue weighted by Crippen LogP contribution is 2.45. The lowest BCUT2D eigenvalue weighted by Crippen LogP contribution is -2.28. The minimum Gasteiger partial charge on any atom is -0.258 e. The van der Waals surface area contributed by atoms with Gasteiger partial charge < -0.3 is 0 Å². The molecule has 0 amide bonds. The highest BCUT2D eigenvalue weighted by molar-refractivity contribution is 7.97. The lowest BCUT2D eigenvalue weighted by Gasteiger charge is -2.31. The summed E-state index contributed by atoms with van der Waals surface area (Å²) in [6, 6.07) is 4.91. The number of non-ortho nitro benzene ring substituents is 1. The molecule has 1 aliphatic carbocycles. The minimum atomic E-state index is -1.69. The molecule has 1 aromatic carbocycles. The molecule has 4 nitrogen and oxygen atoms in total. The number of nitro benzene ring substituents is 1. The minimum absolute atomic E-state index is 0.0778. The molecule has 0 N–H and O–H groups in total. The Hall–Kier alpha value is -0.200. The van der Waals surface area contributed by atoms with E-state index in [1.807, 2.05) is 7.05 Å². The van der Waals surface area contributed by atoms with Crippen molar-refractivity contribution in [2.75, 3.05) is 7.05 Å². The maximum Gasteiger partial charge on any atom is 0.269 e. The Balaban J connectivity index is 2.23. The van der Waals surface area contributed by atoms with E-state index in [1.165, 1.54) is 43.3 Å². The number of halogens is 3. The molecule has 1 aliphatic rings. The highest BCUT2D eigenvalue weighted by Gasteiger charge is 2.30. The van der Waals surface area contributed by atoms with E-state index < -0.39 is 8.72 Å². The number of benzene rings is 1. The molecular formula is C14H17Cl3N2O2S. The Morgan fingerprint density at radius 1 is 1.27 bits per heavy atom. The third kappa shape index (κ3) is 4.65. The van der Waals surface area contributed by atoms with Crippen LogP contribution in [0.5, 0.6) is 0 Å². The molecule has 1 aromatic rings. The van der Waals surface area contributed by atoms with Crippen LogP contribution in [0, 0.1) is 10.1 Å². The van der Waals surface area contributed by atoms with Gasteiger partial charge in [-0.25, -0.2) is 4.31 Å². The largest absolute Gasteiger partial charge is 0.269 e. The topological polar surface area (TPSA) is 46.4 Å². The fourth-order valence-electron chi connectivity index (χ4n) is 2.61. The van der Waals surface area contributed by atoms with Gasteiger partial charge in [0.25, 0.3) is 5.69 Å². The quantitative estimate of drug-likeness (QED) is 0.290. The highest BCUT2D eigenvalue weighted by atomic mass is 35.6. The predicted octanol–water partition coefficient (Wildman–Crippen LogP) is 5.69. The molecule has 2 rings (SSSR count). The first-order valence-electron chi connectivity index (χ1n) is 7.05. The van der Waals surface area contributed by atoms with Crippen LogP contribution in [-0.2, 0) is 3.79 Å². The molecular weight excluding hydrogens is 367 g/mol. The van der Waals surface area contributed by atoms with Gasteiger partial charge in [0.2, 0.25) is 3.79 Å². The third-order valence-corrected chi connectivity index (χ3v) is 5.56. The van der Waals surface area contributed by atoms with Crippen LogP contribution in [0.3, 0.4) is 0 Å². The third-order valence-electron chi connectivity index (χ3n) is 3.81. The van der Waals surface area contributed by atoms with Crippen molar-refractivity contribution in [3.63, 3.8) is 0 Å². The summed E-state index contributed by atoms with van der Waals surface area (Å²) >= 11 is 19.4. The zero-order valence-electron chi connectivity index (χ0n) is 12.1. The van der Waals surface area contributed by atoms with Gasteiger partial charge in [-0.1, -0.05) is 54.1 Å². The Morgan fingerprint density at radius 3 is 2.45 bits per heavy atom. The van der Waals surface area contributed by atoms with Crippen LogP contribution in [0.15, 0.2) is 23.1 Å². The molecule has 8 heteroatoms. The van der Waals surface area contributed by atoms with Gasteiger partial charge in [-0.15, -0.1) is 0 Å². The summed E-state index contributed by atoms with van der Waals surface area (Å²) < 4.78 is 0.474. The van der Waals surface area contributed by atoms with Gasteiger partial charge in [0, 0.05) is 28.6 Å². The molecule has 0 bridgehead atoms. The van der Waals surface area contributed by atoms with Crippen LogP contribution in [-0.4, -0.2) is 22.3 Å². The summed E-state index contributed by atoms with van der Waals surface area (Å²) in [4.78, 5) is 11.2.